The first-order valence-corrected chi connectivity index (χ1v) is 6.33. The third kappa shape index (κ3) is 2.49. The molecule has 1 fully saturated rings. The number of nitrogens with two attached hydrogens (primary N) is 1. The maximum Gasteiger partial charge on any atom is 0.122 e. The summed E-state index contributed by atoms with van der Waals surface area (Å²) in [7, 11) is 0. The molecule has 1 aliphatic rings. The van der Waals surface area contributed by atoms with E-state index in [1.807, 2.05) is 19.1 Å². The molecule has 0 amide bonds. The van der Waals surface area contributed by atoms with Gasteiger partial charge in [0.25, 0.3) is 0 Å². The van der Waals surface area contributed by atoms with Crippen LogP contribution in [0.4, 0.5) is 5.69 Å². The van der Waals surface area contributed by atoms with E-state index in [9.17, 15) is 0 Å². The number of nitrogen functional groups attached to an aromatic ring is 1. The third-order valence-corrected chi connectivity index (χ3v) is 3.38. The fraction of sp³-hybridized carbons (Fsp3) is 0.571. The quantitative estimate of drug-likeness (QED) is 0.786. The topological polar surface area (TPSA) is 35.2 Å². The molecule has 2 nitrogen and oxygen atoms in total. The van der Waals surface area contributed by atoms with Gasteiger partial charge in [0.05, 0.1) is 6.61 Å². The third-order valence-electron chi connectivity index (χ3n) is 3.38. The zero-order valence-corrected chi connectivity index (χ0v) is 10.0. The molecule has 0 atom stereocenters. The number of rotatable bonds is 3. The Morgan fingerprint density at radius 1 is 1.25 bits per heavy atom. The second-order valence-electron chi connectivity index (χ2n) is 4.57. The molecule has 0 aliphatic heterocycles. The maximum absolute atomic E-state index is 5.87. The molecule has 1 aromatic carbocycles. The molecule has 2 N–H and O–H groups in total. The summed E-state index contributed by atoms with van der Waals surface area (Å²) in [4.78, 5) is 0. The summed E-state index contributed by atoms with van der Waals surface area (Å²) in [6.45, 7) is 2.75. The van der Waals surface area contributed by atoms with Gasteiger partial charge in [0.15, 0.2) is 0 Å². The lowest BCUT2D eigenvalue weighted by molar-refractivity contribution is 0.328. The molecule has 0 heterocycles. The van der Waals surface area contributed by atoms with Gasteiger partial charge in [-0.3, -0.25) is 0 Å². The fourth-order valence-corrected chi connectivity index (χ4v) is 2.59. The molecular weight excluding hydrogens is 198 g/mol. The van der Waals surface area contributed by atoms with Crippen molar-refractivity contribution in [3.8, 4) is 5.75 Å². The Morgan fingerprint density at radius 2 is 2.00 bits per heavy atom. The predicted molar refractivity (Wildman–Crippen MR) is 67.8 cm³/mol. The van der Waals surface area contributed by atoms with Crippen LogP contribution < -0.4 is 10.5 Å². The normalized spacial score (nSPS) is 17.3. The van der Waals surface area contributed by atoms with E-state index in [0.29, 0.717) is 5.92 Å². The summed E-state index contributed by atoms with van der Waals surface area (Å²) >= 11 is 0. The molecular formula is C14H21NO. The van der Waals surface area contributed by atoms with Gasteiger partial charge in [0.2, 0.25) is 0 Å². The van der Waals surface area contributed by atoms with Crippen LogP contribution in [0.15, 0.2) is 18.2 Å². The molecule has 1 aromatic rings. The van der Waals surface area contributed by atoms with Gasteiger partial charge in [-0.15, -0.1) is 0 Å². The molecule has 0 bridgehead atoms. The minimum absolute atomic E-state index is 0.652. The minimum atomic E-state index is 0.652. The van der Waals surface area contributed by atoms with Crippen LogP contribution in [-0.4, -0.2) is 6.61 Å². The highest BCUT2D eigenvalue weighted by Crippen LogP contribution is 2.38. The Balaban J connectivity index is 2.24. The number of anilines is 1. The highest BCUT2D eigenvalue weighted by molar-refractivity contribution is 5.49. The molecule has 1 aliphatic carbocycles. The van der Waals surface area contributed by atoms with Crippen LogP contribution in [-0.2, 0) is 0 Å². The van der Waals surface area contributed by atoms with Gasteiger partial charge in [-0.1, -0.05) is 19.3 Å². The van der Waals surface area contributed by atoms with Crippen molar-refractivity contribution < 1.29 is 4.74 Å². The Hall–Kier alpha value is -1.18. The lowest BCUT2D eigenvalue weighted by Crippen LogP contribution is -2.07. The van der Waals surface area contributed by atoms with Crippen LogP contribution in [0.25, 0.3) is 0 Å². The highest BCUT2D eigenvalue weighted by atomic mass is 16.5. The molecule has 1 saturated carbocycles. The summed E-state index contributed by atoms with van der Waals surface area (Å²) in [5.41, 5.74) is 8.05. The van der Waals surface area contributed by atoms with E-state index >= 15 is 0 Å². The van der Waals surface area contributed by atoms with Gasteiger partial charge in [0, 0.05) is 5.69 Å². The summed E-state index contributed by atoms with van der Waals surface area (Å²) < 4.78 is 5.69. The summed E-state index contributed by atoms with van der Waals surface area (Å²) in [6.07, 6.45) is 6.62. The molecule has 16 heavy (non-hydrogen) atoms. The Bertz CT molecular complexity index is 343. The smallest absolute Gasteiger partial charge is 0.122 e. The Morgan fingerprint density at radius 3 is 2.69 bits per heavy atom. The fourth-order valence-electron chi connectivity index (χ4n) is 2.59. The molecule has 0 unspecified atom stereocenters. The zero-order chi connectivity index (χ0) is 11.4. The molecule has 0 aromatic heterocycles. The van der Waals surface area contributed by atoms with E-state index in [2.05, 4.69) is 6.07 Å². The monoisotopic (exact) mass is 219 g/mol. The van der Waals surface area contributed by atoms with Gasteiger partial charge in [0.1, 0.15) is 5.75 Å². The molecule has 0 radical (unpaired) electrons. The summed E-state index contributed by atoms with van der Waals surface area (Å²) in [5.74, 6) is 1.68. The van der Waals surface area contributed by atoms with E-state index in [4.69, 9.17) is 10.5 Å². The Kier molecular flexibility index (Phi) is 3.70. The van der Waals surface area contributed by atoms with Crippen LogP contribution in [0.5, 0.6) is 5.75 Å². The van der Waals surface area contributed by atoms with E-state index in [1.54, 1.807) is 0 Å². The van der Waals surface area contributed by atoms with Gasteiger partial charge in [-0.05, 0) is 49.4 Å². The lowest BCUT2D eigenvalue weighted by Gasteiger charge is -2.24. The standard InChI is InChI=1S/C14H21NO/c1-2-16-14-9-8-12(15)10-13(14)11-6-4-3-5-7-11/h8-11H,2-7,15H2,1H3. The van der Waals surface area contributed by atoms with E-state index in [1.165, 1.54) is 37.7 Å². The molecule has 0 saturated heterocycles. The van der Waals surface area contributed by atoms with Crippen molar-refractivity contribution in [2.45, 2.75) is 44.9 Å². The second kappa shape index (κ2) is 5.24. The highest BCUT2D eigenvalue weighted by Gasteiger charge is 2.19. The number of hydrogen-bond donors (Lipinski definition) is 1. The minimum Gasteiger partial charge on any atom is -0.494 e. The molecule has 0 spiro atoms. The van der Waals surface area contributed by atoms with E-state index in [0.717, 1.165) is 18.0 Å². The first kappa shape index (κ1) is 11.3. The predicted octanol–water partition coefficient (Wildman–Crippen LogP) is 3.72. The summed E-state index contributed by atoms with van der Waals surface area (Å²) in [6, 6.07) is 6.04. The summed E-state index contributed by atoms with van der Waals surface area (Å²) in [5, 5.41) is 0. The number of benzene rings is 1. The zero-order valence-electron chi connectivity index (χ0n) is 10.0. The SMILES string of the molecule is CCOc1ccc(N)cc1C1CCCCC1. The van der Waals surface area contributed by atoms with Crippen LogP contribution >= 0.6 is 0 Å². The van der Waals surface area contributed by atoms with Gasteiger partial charge in [-0.2, -0.15) is 0 Å². The van der Waals surface area contributed by atoms with Crippen molar-refractivity contribution in [2.24, 2.45) is 0 Å². The largest absolute Gasteiger partial charge is 0.494 e. The first-order chi connectivity index (χ1) is 7.81. The number of ether oxygens (including phenoxy) is 1. The van der Waals surface area contributed by atoms with Crippen molar-refractivity contribution in [2.75, 3.05) is 12.3 Å². The average molecular weight is 219 g/mol. The van der Waals surface area contributed by atoms with Crippen LogP contribution in [0, 0.1) is 0 Å². The van der Waals surface area contributed by atoms with Crippen molar-refractivity contribution in [1.29, 1.82) is 0 Å². The van der Waals surface area contributed by atoms with E-state index < -0.39 is 0 Å². The lowest BCUT2D eigenvalue weighted by atomic mass is 9.83. The first-order valence-electron chi connectivity index (χ1n) is 6.33. The van der Waals surface area contributed by atoms with Crippen molar-refractivity contribution in [3.05, 3.63) is 23.8 Å². The van der Waals surface area contributed by atoms with Crippen molar-refractivity contribution in [3.63, 3.8) is 0 Å². The van der Waals surface area contributed by atoms with Crippen LogP contribution in [0.1, 0.15) is 50.5 Å². The second-order valence-corrected chi connectivity index (χ2v) is 4.57. The Labute approximate surface area is 97.8 Å². The van der Waals surface area contributed by atoms with Crippen LogP contribution in [0.2, 0.25) is 0 Å². The van der Waals surface area contributed by atoms with Gasteiger partial charge < -0.3 is 10.5 Å². The average Bonchev–Trinajstić information content (AvgIpc) is 2.33. The number of hydrogen-bond acceptors (Lipinski definition) is 2. The van der Waals surface area contributed by atoms with Gasteiger partial charge >= 0.3 is 0 Å². The molecule has 2 rings (SSSR count). The van der Waals surface area contributed by atoms with Gasteiger partial charge in [-0.25, -0.2) is 0 Å². The van der Waals surface area contributed by atoms with Crippen molar-refractivity contribution >= 4 is 5.69 Å². The molecule has 2 heteroatoms. The van der Waals surface area contributed by atoms with E-state index in [-0.39, 0.29) is 0 Å². The maximum atomic E-state index is 5.87. The molecule has 88 valence electrons. The van der Waals surface area contributed by atoms with Crippen molar-refractivity contribution in [1.82, 2.24) is 0 Å². The van der Waals surface area contributed by atoms with Crippen LogP contribution in [0.3, 0.4) is 0 Å².